The molecule has 0 heterocycles. The fourth-order valence-electron chi connectivity index (χ4n) is 2.07. The highest BCUT2D eigenvalue weighted by Gasteiger charge is 2.18. The third-order valence-electron chi connectivity index (χ3n) is 3.26. The molecule has 0 spiro atoms. The fourth-order valence-corrected chi connectivity index (χ4v) is 2.07. The predicted octanol–water partition coefficient (Wildman–Crippen LogP) is 2.71. The van der Waals surface area contributed by atoms with Crippen LogP contribution in [0.3, 0.4) is 0 Å². The zero-order valence-electron chi connectivity index (χ0n) is 13.6. The van der Waals surface area contributed by atoms with Crippen molar-refractivity contribution in [2.45, 2.75) is 6.92 Å². The molecule has 0 radical (unpaired) electrons. The van der Waals surface area contributed by atoms with Crippen molar-refractivity contribution in [3.05, 3.63) is 63.7 Å². The second kappa shape index (κ2) is 7.91. The van der Waals surface area contributed by atoms with Crippen molar-refractivity contribution in [3.63, 3.8) is 0 Å². The predicted molar refractivity (Wildman–Crippen MR) is 89.7 cm³/mol. The highest BCUT2D eigenvalue weighted by Crippen LogP contribution is 2.28. The van der Waals surface area contributed by atoms with Gasteiger partial charge in [-0.2, -0.15) is 0 Å². The first-order chi connectivity index (χ1) is 11.9. The number of hydrogen-bond acceptors (Lipinski definition) is 6. The van der Waals surface area contributed by atoms with Crippen molar-refractivity contribution in [1.29, 1.82) is 0 Å². The molecule has 0 saturated heterocycles. The van der Waals surface area contributed by atoms with Gasteiger partial charge in [0, 0.05) is 0 Å². The number of nitro benzene ring substituents is 1. The summed E-state index contributed by atoms with van der Waals surface area (Å²) in [5.41, 5.74) is 0.871. The molecule has 0 saturated carbocycles. The van der Waals surface area contributed by atoms with Gasteiger partial charge < -0.3 is 14.8 Å². The van der Waals surface area contributed by atoms with Crippen molar-refractivity contribution in [1.82, 2.24) is 0 Å². The zero-order valence-corrected chi connectivity index (χ0v) is 13.6. The lowest BCUT2D eigenvalue weighted by Gasteiger charge is -2.08. The minimum absolute atomic E-state index is 0.0117. The van der Waals surface area contributed by atoms with Crippen molar-refractivity contribution < 1.29 is 24.0 Å². The molecule has 0 aromatic heterocycles. The van der Waals surface area contributed by atoms with Gasteiger partial charge in [-0.3, -0.25) is 14.9 Å². The van der Waals surface area contributed by atoms with E-state index in [0.717, 1.165) is 5.56 Å². The van der Waals surface area contributed by atoms with Crippen molar-refractivity contribution in [2.24, 2.45) is 0 Å². The van der Waals surface area contributed by atoms with Gasteiger partial charge in [-0.05, 0) is 31.2 Å². The molecule has 130 valence electrons. The number of carbonyl (C=O) groups excluding carboxylic acids is 2. The number of esters is 1. The molecule has 0 atom stereocenters. The van der Waals surface area contributed by atoms with Crippen LogP contribution < -0.4 is 10.1 Å². The summed E-state index contributed by atoms with van der Waals surface area (Å²) in [6.45, 7) is 1.27. The number of nitro groups is 1. The molecule has 0 bridgehead atoms. The van der Waals surface area contributed by atoms with Gasteiger partial charge in [0.05, 0.1) is 23.7 Å². The summed E-state index contributed by atoms with van der Waals surface area (Å²) in [7, 11) is 1.38. The number of rotatable bonds is 6. The maximum absolute atomic E-state index is 11.9. The lowest BCUT2D eigenvalue weighted by molar-refractivity contribution is -0.384. The molecule has 8 heteroatoms. The van der Waals surface area contributed by atoms with E-state index >= 15 is 0 Å². The summed E-state index contributed by atoms with van der Waals surface area (Å²) in [6, 6.07) is 10.7. The Bertz CT molecular complexity index is 819. The number of benzene rings is 2. The highest BCUT2D eigenvalue weighted by molar-refractivity contribution is 5.96. The largest absolute Gasteiger partial charge is 0.496 e. The number of hydrogen-bond donors (Lipinski definition) is 1. The Morgan fingerprint density at radius 2 is 1.96 bits per heavy atom. The normalized spacial score (nSPS) is 10.0. The first-order valence-electron chi connectivity index (χ1n) is 7.27. The number of aryl methyl sites for hydroxylation is 1. The van der Waals surface area contributed by atoms with Gasteiger partial charge >= 0.3 is 5.97 Å². The Labute approximate surface area is 143 Å². The number of nitrogens with zero attached hydrogens (tertiary/aromatic N) is 1. The Morgan fingerprint density at radius 1 is 1.20 bits per heavy atom. The van der Waals surface area contributed by atoms with Crippen LogP contribution in [0.15, 0.2) is 42.5 Å². The van der Waals surface area contributed by atoms with Crippen LogP contribution in [0.1, 0.15) is 15.9 Å². The van der Waals surface area contributed by atoms with E-state index in [-0.39, 0.29) is 17.1 Å². The first kappa shape index (κ1) is 17.9. The molecule has 0 aliphatic rings. The second-order valence-electron chi connectivity index (χ2n) is 5.13. The van der Waals surface area contributed by atoms with Crippen molar-refractivity contribution in [2.75, 3.05) is 19.0 Å². The van der Waals surface area contributed by atoms with Gasteiger partial charge in [-0.1, -0.05) is 17.7 Å². The lowest BCUT2D eigenvalue weighted by Crippen LogP contribution is -2.21. The lowest BCUT2D eigenvalue weighted by atomic mass is 10.1. The summed E-state index contributed by atoms with van der Waals surface area (Å²) >= 11 is 0. The van der Waals surface area contributed by atoms with Crippen LogP contribution >= 0.6 is 0 Å². The van der Waals surface area contributed by atoms with E-state index in [1.807, 2.05) is 13.0 Å². The topological polar surface area (TPSA) is 108 Å². The highest BCUT2D eigenvalue weighted by atomic mass is 16.6. The maximum Gasteiger partial charge on any atom is 0.338 e. The minimum atomic E-state index is -0.686. The summed E-state index contributed by atoms with van der Waals surface area (Å²) in [5.74, 6) is -1.05. The molecule has 2 aromatic carbocycles. The number of nitrogens with one attached hydrogen (secondary N) is 1. The summed E-state index contributed by atoms with van der Waals surface area (Å²) < 4.78 is 9.83. The Kier molecular flexibility index (Phi) is 5.67. The van der Waals surface area contributed by atoms with E-state index in [9.17, 15) is 19.7 Å². The maximum atomic E-state index is 11.9. The van der Waals surface area contributed by atoms with Gasteiger partial charge in [-0.15, -0.1) is 0 Å². The van der Waals surface area contributed by atoms with Crippen LogP contribution in [-0.2, 0) is 9.53 Å². The quantitative estimate of drug-likeness (QED) is 0.490. The molecule has 8 nitrogen and oxygen atoms in total. The van der Waals surface area contributed by atoms with Crippen LogP contribution in [0.2, 0.25) is 0 Å². The van der Waals surface area contributed by atoms with Gasteiger partial charge in [0.25, 0.3) is 11.6 Å². The molecule has 0 aliphatic carbocycles. The fraction of sp³-hybridized carbons (Fsp3) is 0.176. The molecular formula is C17H16N2O6. The number of amides is 1. The van der Waals surface area contributed by atoms with E-state index in [2.05, 4.69) is 5.32 Å². The molecular weight excluding hydrogens is 328 g/mol. The van der Waals surface area contributed by atoms with E-state index < -0.39 is 23.4 Å². The molecule has 0 fully saturated rings. The van der Waals surface area contributed by atoms with Crippen LogP contribution in [0, 0.1) is 17.0 Å². The second-order valence-corrected chi connectivity index (χ2v) is 5.13. The van der Waals surface area contributed by atoms with Crippen LogP contribution in [0.5, 0.6) is 5.75 Å². The molecule has 1 N–H and O–H groups in total. The molecule has 2 rings (SSSR count). The molecule has 25 heavy (non-hydrogen) atoms. The van der Waals surface area contributed by atoms with Gasteiger partial charge in [-0.25, -0.2) is 4.79 Å². The Hall–Kier alpha value is -3.42. The molecule has 2 aromatic rings. The van der Waals surface area contributed by atoms with Gasteiger partial charge in [0.15, 0.2) is 6.61 Å². The van der Waals surface area contributed by atoms with Crippen LogP contribution in [-0.4, -0.2) is 30.5 Å². The van der Waals surface area contributed by atoms with E-state index in [0.29, 0.717) is 5.56 Å². The Balaban J connectivity index is 2.01. The average Bonchev–Trinajstić information content (AvgIpc) is 2.59. The molecule has 0 aliphatic heterocycles. The van der Waals surface area contributed by atoms with E-state index in [1.54, 1.807) is 18.2 Å². The Morgan fingerprint density at radius 3 is 2.60 bits per heavy atom. The van der Waals surface area contributed by atoms with Crippen LogP contribution in [0.4, 0.5) is 11.4 Å². The van der Waals surface area contributed by atoms with E-state index in [4.69, 9.17) is 9.47 Å². The van der Waals surface area contributed by atoms with Gasteiger partial charge in [0.2, 0.25) is 0 Å². The third kappa shape index (κ3) is 4.77. The summed E-state index contributed by atoms with van der Waals surface area (Å²) in [5, 5.41) is 13.4. The summed E-state index contributed by atoms with van der Waals surface area (Å²) in [6.07, 6.45) is 0. The smallest absolute Gasteiger partial charge is 0.338 e. The first-order valence-corrected chi connectivity index (χ1v) is 7.27. The average molecular weight is 344 g/mol. The SMILES string of the molecule is COc1ccc(NC(=O)COC(=O)c2cccc(C)c2)c([N+](=O)[O-])c1. The number of ether oxygens (including phenoxy) is 2. The number of anilines is 1. The van der Waals surface area contributed by atoms with Gasteiger partial charge in [0.1, 0.15) is 11.4 Å². The van der Waals surface area contributed by atoms with Crippen molar-refractivity contribution in [3.8, 4) is 5.75 Å². The standard InChI is InChI=1S/C17H16N2O6/c1-11-4-3-5-12(8-11)17(21)25-10-16(20)18-14-7-6-13(24-2)9-15(14)19(22)23/h3-9H,10H2,1-2H3,(H,18,20). The molecule has 0 unspecified atom stereocenters. The van der Waals surface area contributed by atoms with E-state index in [1.165, 1.54) is 25.3 Å². The van der Waals surface area contributed by atoms with Crippen molar-refractivity contribution >= 4 is 23.3 Å². The number of carbonyl (C=O) groups is 2. The number of methoxy groups -OCH3 is 1. The zero-order chi connectivity index (χ0) is 18.4. The molecule has 1 amide bonds. The minimum Gasteiger partial charge on any atom is -0.496 e. The monoisotopic (exact) mass is 344 g/mol. The summed E-state index contributed by atoms with van der Waals surface area (Å²) in [4.78, 5) is 34.2. The third-order valence-corrected chi connectivity index (χ3v) is 3.26. The van der Waals surface area contributed by atoms with Crippen LogP contribution in [0.25, 0.3) is 0 Å².